The summed E-state index contributed by atoms with van der Waals surface area (Å²) in [6.45, 7) is 2.47. The lowest BCUT2D eigenvalue weighted by molar-refractivity contribution is -0.125. The molecule has 0 saturated heterocycles. The number of carbonyl (C=O) groups is 2. The molecule has 0 radical (unpaired) electrons. The number of rotatable bonds is 7. The maximum absolute atomic E-state index is 13.0. The molecule has 0 spiro atoms. The molecule has 0 aliphatic carbocycles. The van der Waals surface area contributed by atoms with Crippen LogP contribution in [0.4, 0.5) is 10.1 Å². The highest BCUT2D eigenvalue weighted by Gasteiger charge is 2.19. The molecule has 1 unspecified atom stereocenters. The van der Waals surface area contributed by atoms with Gasteiger partial charge in [0.15, 0.2) is 0 Å². The minimum absolute atomic E-state index is 0.0775. The van der Waals surface area contributed by atoms with Gasteiger partial charge in [0, 0.05) is 12.2 Å². The zero-order valence-electron chi connectivity index (χ0n) is 10.8. The number of nitrogens with two attached hydrogens (primary N) is 1. The molecular weight excluding hydrogens is 249 g/mol. The van der Waals surface area contributed by atoms with E-state index in [9.17, 15) is 14.0 Å². The van der Waals surface area contributed by atoms with E-state index >= 15 is 0 Å². The molecule has 104 valence electrons. The molecule has 19 heavy (non-hydrogen) atoms. The Kier molecular flexibility index (Phi) is 5.78. The van der Waals surface area contributed by atoms with Crippen molar-refractivity contribution in [2.75, 3.05) is 11.9 Å². The number of halogens is 1. The second-order valence-corrected chi connectivity index (χ2v) is 4.16. The third-order valence-corrected chi connectivity index (χ3v) is 2.47. The first kappa shape index (κ1) is 14.9. The summed E-state index contributed by atoms with van der Waals surface area (Å²) in [5.74, 6) is -1.35. The Morgan fingerprint density at radius 3 is 2.74 bits per heavy atom. The average Bonchev–Trinajstić information content (AvgIpc) is 2.35. The van der Waals surface area contributed by atoms with E-state index in [0.717, 1.165) is 6.42 Å². The molecule has 6 heteroatoms. The number of hydrogen-bond donors (Lipinski definition) is 3. The summed E-state index contributed by atoms with van der Waals surface area (Å²) < 4.78 is 13.0. The van der Waals surface area contributed by atoms with Crippen LogP contribution in [-0.2, 0) is 9.59 Å². The lowest BCUT2D eigenvalue weighted by Crippen LogP contribution is -2.40. The van der Waals surface area contributed by atoms with Gasteiger partial charge in [-0.2, -0.15) is 0 Å². The molecule has 0 saturated carbocycles. The van der Waals surface area contributed by atoms with Gasteiger partial charge in [-0.3, -0.25) is 9.59 Å². The van der Waals surface area contributed by atoms with Crippen LogP contribution in [0.5, 0.6) is 0 Å². The second-order valence-electron chi connectivity index (χ2n) is 4.16. The van der Waals surface area contributed by atoms with E-state index in [2.05, 4.69) is 10.6 Å². The molecule has 0 aromatic heterocycles. The van der Waals surface area contributed by atoms with Crippen molar-refractivity contribution in [1.29, 1.82) is 0 Å². The van der Waals surface area contributed by atoms with Crippen LogP contribution >= 0.6 is 0 Å². The molecule has 1 aromatic carbocycles. The van der Waals surface area contributed by atoms with Gasteiger partial charge in [-0.25, -0.2) is 4.39 Å². The molecule has 1 rings (SSSR count). The Morgan fingerprint density at radius 1 is 1.42 bits per heavy atom. The minimum Gasteiger partial charge on any atom is -0.373 e. The Morgan fingerprint density at radius 2 is 2.16 bits per heavy atom. The topological polar surface area (TPSA) is 84.2 Å². The predicted octanol–water partition coefficient (Wildman–Crippen LogP) is 1.01. The van der Waals surface area contributed by atoms with Crippen LogP contribution in [0.3, 0.4) is 0 Å². The summed E-state index contributed by atoms with van der Waals surface area (Å²) in [4.78, 5) is 22.8. The molecule has 0 aliphatic rings. The number of nitrogens with one attached hydrogen (secondary N) is 2. The number of carbonyl (C=O) groups excluding carboxylic acids is 2. The van der Waals surface area contributed by atoms with Crippen LogP contribution in [0.1, 0.15) is 19.8 Å². The SMILES string of the molecule is CCCNC(=O)CC(Nc1cccc(F)c1)C(N)=O. The number of amides is 2. The Hall–Kier alpha value is -2.11. The fourth-order valence-corrected chi connectivity index (χ4v) is 1.52. The van der Waals surface area contributed by atoms with E-state index in [-0.39, 0.29) is 12.3 Å². The zero-order valence-corrected chi connectivity index (χ0v) is 10.8. The van der Waals surface area contributed by atoms with Crippen LogP contribution < -0.4 is 16.4 Å². The van der Waals surface area contributed by atoms with Crippen molar-refractivity contribution in [1.82, 2.24) is 5.32 Å². The van der Waals surface area contributed by atoms with Crippen LogP contribution in [0.2, 0.25) is 0 Å². The number of hydrogen-bond acceptors (Lipinski definition) is 3. The van der Waals surface area contributed by atoms with E-state index in [0.29, 0.717) is 12.2 Å². The van der Waals surface area contributed by atoms with Gasteiger partial charge in [-0.05, 0) is 24.6 Å². The molecular formula is C13H18FN3O2. The van der Waals surface area contributed by atoms with Crippen LogP contribution in [0.25, 0.3) is 0 Å². The molecule has 0 bridgehead atoms. The van der Waals surface area contributed by atoms with E-state index in [4.69, 9.17) is 5.73 Å². The quantitative estimate of drug-likeness (QED) is 0.689. The molecule has 0 aliphatic heterocycles. The molecule has 1 aromatic rings. The number of benzene rings is 1. The van der Waals surface area contributed by atoms with E-state index in [1.807, 2.05) is 6.92 Å². The van der Waals surface area contributed by atoms with Gasteiger partial charge in [0.25, 0.3) is 0 Å². The third-order valence-electron chi connectivity index (χ3n) is 2.47. The van der Waals surface area contributed by atoms with Crippen molar-refractivity contribution in [2.45, 2.75) is 25.8 Å². The third kappa shape index (κ3) is 5.37. The van der Waals surface area contributed by atoms with E-state index in [1.54, 1.807) is 6.07 Å². The van der Waals surface area contributed by atoms with E-state index < -0.39 is 17.8 Å². The van der Waals surface area contributed by atoms with Crippen molar-refractivity contribution >= 4 is 17.5 Å². The fraction of sp³-hybridized carbons (Fsp3) is 0.385. The second kappa shape index (κ2) is 7.35. The first-order chi connectivity index (χ1) is 9.02. The number of primary amides is 1. The largest absolute Gasteiger partial charge is 0.373 e. The van der Waals surface area contributed by atoms with Gasteiger partial charge in [-0.1, -0.05) is 13.0 Å². The smallest absolute Gasteiger partial charge is 0.240 e. The van der Waals surface area contributed by atoms with Gasteiger partial charge < -0.3 is 16.4 Å². The van der Waals surface area contributed by atoms with Crippen molar-refractivity contribution < 1.29 is 14.0 Å². The van der Waals surface area contributed by atoms with Gasteiger partial charge >= 0.3 is 0 Å². The van der Waals surface area contributed by atoms with Crippen molar-refractivity contribution in [3.8, 4) is 0 Å². The summed E-state index contributed by atoms with van der Waals surface area (Å²) in [5, 5.41) is 5.41. The van der Waals surface area contributed by atoms with Crippen LogP contribution in [0, 0.1) is 5.82 Å². The van der Waals surface area contributed by atoms with E-state index in [1.165, 1.54) is 18.2 Å². The maximum Gasteiger partial charge on any atom is 0.240 e. The standard InChI is InChI=1S/C13H18FN3O2/c1-2-6-16-12(18)8-11(13(15)19)17-10-5-3-4-9(14)7-10/h3-5,7,11,17H,2,6,8H2,1H3,(H2,15,19)(H,16,18). The van der Waals surface area contributed by atoms with Crippen molar-refractivity contribution in [3.63, 3.8) is 0 Å². The zero-order chi connectivity index (χ0) is 14.3. The summed E-state index contributed by atoms with van der Waals surface area (Å²) in [6.07, 6.45) is 0.732. The van der Waals surface area contributed by atoms with Crippen LogP contribution in [-0.4, -0.2) is 24.4 Å². The Bertz CT molecular complexity index is 451. The lowest BCUT2D eigenvalue weighted by Gasteiger charge is -2.16. The highest BCUT2D eigenvalue weighted by atomic mass is 19.1. The fourth-order valence-electron chi connectivity index (χ4n) is 1.52. The van der Waals surface area contributed by atoms with Crippen molar-refractivity contribution in [2.24, 2.45) is 5.73 Å². The maximum atomic E-state index is 13.0. The Labute approximate surface area is 111 Å². The normalized spacial score (nSPS) is 11.7. The summed E-state index contributed by atoms with van der Waals surface area (Å²) >= 11 is 0. The van der Waals surface area contributed by atoms with Crippen LogP contribution in [0.15, 0.2) is 24.3 Å². The highest BCUT2D eigenvalue weighted by Crippen LogP contribution is 2.11. The summed E-state index contributed by atoms with van der Waals surface area (Å²) in [5.41, 5.74) is 5.63. The monoisotopic (exact) mass is 267 g/mol. The molecule has 5 nitrogen and oxygen atoms in total. The lowest BCUT2D eigenvalue weighted by atomic mass is 10.1. The highest BCUT2D eigenvalue weighted by molar-refractivity contribution is 5.89. The number of anilines is 1. The summed E-state index contributed by atoms with van der Waals surface area (Å²) in [6, 6.07) is 4.77. The Balaban J connectivity index is 2.63. The summed E-state index contributed by atoms with van der Waals surface area (Å²) in [7, 11) is 0. The first-order valence-electron chi connectivity index (χ1n) is 6.11. The van der Waals surface area contributed by atoms with Gasteiger partial charge in [0.2, 0.25) is 11.8 Å². The minimum atomic E-state index is -0.862. The van der Waals surface area contributed by atoms with Gasteiger partial charge in [0.05, 0.1) is 6.42 Å². The molecule has 0 fully saturated rings. The molecule has 0 heterocycles. The molecule has 2 amide bonds. The first-order valence-corrected chi connectivity index (χ1v) is 6.11. The molecule has 4 N–H and O–H groups in total. The van der Waals surface area contributed by atoms with Gasteiger partial charge in [0.1, 0.15) is 11.9 Å². The predicted molar refractivity (Wildman–Crippen MR) is 70.9 cm³/mol. The average molecular weight is 267 g/mol. The van der Waals surface area contributed by atoms with Gasteiger partial charge in [-0.15, -0.1) is 0 Å². The molecule has 1 atom stereocenters. The van der Waals surface area contributed by atoms with Crippen molar-refractivity contribution in [3.05, 3.63) is 30.1 Å².